The third kappa shape index (κ3) is 6.22. The monoisotopic (exact) mass is 418 g/mol. The Morgan fingerprint density at radius 1 is 1.28 bits per heavy atom. The maximum absolute atomic E-state index is 12.6. The molecule has 1 unspecified atom stereocenters. The van der Waals surface area contributed by atoms with Crippen molar-refractivity contribution in [3.8, 4) is 11.5 Å². The van der Waals surface area contributed by atoms with Crippen molar-refractivity contribution in [2.75, 3.05) is 20.3 Å². The van der Waals surface area contributed by atoms with Gasteiger partial charge in [-0.15, -0.1) is 0 Å². The number of nitrogens with one attached hydrogen (secondary N) is 2. The number of unbranched alkanes of at least 4 members (excludes halogenated alkanes) is 3. The molecule has 0 radical (unpaired) electrons. The van der Waals surface area contributed by atoms with E-state index in [1.54, 1.807) is 14.0 Å². The first kappa shape index (κ1) is 22.7. The zero-order valence-electron chi connectivity index (χ0n) is 17.4. The van der Waals surface area contributed by atoms with Gasteiger partial charge in [0.15, 0.2) is 16.6 Å². The van der Waals surface area contributed by atoms with Crippen LogP contribution in [0.2, 0.25) is 0 Å². The number of benzene rings is 1. The van der Waals surface area contributed by atoms with Gasteiger partial charge in [-0.1, -0.05) is 44.9 Å². The molecule has 0 fully saturated rings. The molecule has 0 saturated heterocycles. The Kier molecular flexibility index (Phi) is 8.99. The van der Waals surface area contributed by atoms with Gasteiger partial charge in [0.2, 0.25) is 0 Å². The van der Waals surface area contributed by atoms with Crippen molar-refractivity contribution in [3.63, 3.8) is 0 Å². The van der Waals surface area contributed by atoms with Crippen molar-refractivity contribution >= 4 is 23.3 Å². The number of rotatable bonds is 11. The molecular formula is C22H30N2O4S. The molecular weight excluding hydrogens is 388 g/mol. The molecule has 1 aromatic carbocycles. The summed E-state index contributed by atoms with van der Waals surface area (Å²) in [7, 11) is 1.60. The fraction of sp³-hybridized carbons (Fsp3) is 0.455. The number of methoxy groups -OCH3 is 1. The van der Waals surface area contributed by atoms with E-state index in [0.717, 1.165) is 18.4 Å². The molecule has 29 heavy (non-hydrogen) atoms. The first-order valence-electron chi connectivity index (χ1n) is 9.88. The Bertz CT molecular complexity index is 776. The first-order valence-corrected chi connectivity index (χ1v) is 10.3. The SMILES string of the molecule is C=CCOC(=O)C1=C(C)NC(=S)NC1c1ccc(OCCCCCC)c(OC)c1. The molecule has 0 spiro atoms. The molecule has 0 saturated carbocycles. The van der Waals surface area contributed by atoms with Crippen LogP contribution in [0.1, 0.15) is 51.1 Å². The van der Waals surface area contributed by atoms with Crippen molar-refractivity contribution < 1.29 is 19.0 Å². The van der Waals surface area contributed by atoms with Gasteiger partial charge in [-0.25, -0.2) is 4.79 Å². The van der Waals surface area contributed by atoms with Gasteiger partial charge in [0, 0.05) is 5.70 Å². The van der Waals surface area contributed by atoms with E-state index in [4.69, 9.17) is 26.4 Å². The smallest absolute Gasteiger partial charge is 0.338 e. The van der Waals surface area contributed by atoms with Crippen molar-refractivity contribution in [2.24, 2.45) is 0 Å². The quantitative estimate of drug-likeness (QED) is 0.242. The number of esters is 1. The zero-order valence-corrected chi connectivity index (χ0v) is 18.2. The summed E-state index contributed by atoms with van der Waals surface area (Å²) in [6, 6.07) is 5.18. The average molecular weight is 419 g/mol. The van der Waals surface area contributed by atoms with Crippen LogP contribution < -0.4 is 20.1 Å². The number of carbonyl (C=O) groups excluding carboxylic acids is 1. The summed E-state index contributed by atoms with van der Waals surface area (Å²) < 4.78 is 16.7. The summed E-state index contributed by atoms with van der Waals surface area (Å²) in [4.78, 5) is 12.6. The molecule has 2 N–H and O–H groups in total. The van der Waals surface area contributed by atoms with E-state index in [2.05, 4.69) is 24.1 Å². The van der Waals surface area contributed by atoms with Crippen LogP contribution in [0.15, 0.2) is 42.1 Å². The normalized spacial score (nSPS) is 16.0. The molecule has 1 heterocycles. The molecule has 1 aliphatic heterocycles. The maximum Gasteiger partial charge on any atom is 0.338 e. The Labute approximate surface area is 178 Å². The first-order chi connectivity index (χ1) is 14.0. The second kappa shape index (κ2) is 11.5. The largest absolute Gasteiger partial charge is 0.493 e. The molecule has 7 heteroatoms. The lowest BCUT2D eigenvalue weighted by Crippen LogP contribution is -2.45. The van der Waals surface area contributed by atoms with Crippen LogP contribution in [0.4, 0.5) is 0 Å². The highest BCUT2D eigenvalue weighted by Gasteiger charge is 2.31. The van der Waals surface area contributed by atoms with Gasteiger partial charge in [0.1, 0.15) is 6.61 Å². The van der Waals surface area contributed by atoms with Crippen LogP contribution in [0, 0.1) is 0 Å². The Morgan fingerprint density at radius 3 is 2.76 bits per heavy atom. The Balaban J connectivity index is 2.23. The van der Waals surface area contributed by atoms with E-state index in [1.165, 1.54) is 18.9 Å². The van der Waals surface area contributed by atoms with Crippen LogP contribution in [-0.2, 0) is 9.53 Å². The minimum Gasteiger partial charge on any atom is -0.493 e. The molecule has 0 amide bonds. The zero-order chi connectivity index (χ0) is 21.2. The highest BCUT2D eigenvalue weighted by molar-refractivity contribution is 7.80. The average Bonchev–Trinajstić information content (AvgIpc) is 2.71. The van der Waals surface area contributed by atoms with Gasteiger partial charge in [0.05, 0.1) is 25.3 Å². The molecule has 1 aliphatic rings. The van der Waals surface area contributed by atoms with E-state index in [-0.39, 0.29) is 6.61 Å². The highest BCUT2D eigenvalue weighted by atomic mass is 32.1. The molecule has 0 bridgehead atoms. The molecule has 1 atom stereocenters. The minimum absolute atomic E-state index is 0.140. The van der Waals surface area contributed by atoms with Crippen LogP contribution in [-0.4, -0.2) is 31.4 Å². The van der Waals surface area contributed by atoms with Crippen LogP contribution in [0.5, 0.6) is 11.5 Å². The lowest BCUT2D eigenvalue weighted by Gasteiger charge is -2.30. The van der Waals surface area contributed by atoms with E-state index >= 15 is 0 Å². The molecule has 0 aliphatic carbocycles. The highest BCUT2D eigenvalue weighted by Crippen LogP contribution is 2.34. The number of hydrogen-bond donors (Lipinski definition) is 2. The van der Waals surface area contributed by atoms with E-state index < -0.39 is 12.0 Å². The molecule has 1 aromatic rings. The Hall–Kier alpha value is -2.54. The lowest BCUT2D eigenvalue weighted by atomic mass is 9.95. The molecule has 2 rings (SSSR count). The maximum atomic E-state index is 12.6. The summed E-state index contributed by atoms with van der Waals surface area (Å²) in [5.74, 6) is 0.867. The summed E-state index contributed by atoms with van der Waals surface area (Å²) in [5.41, 5.74) is 1.95. The van der Waals surface area contributed by atoms with E-state index in [1.807, 2.05) is 18.2 Å². The van der Waals surface area contributed by atoms with Crippen molar-refractivity contribution in [2.45, 2.75) is 45.6 Å². The molecule has 0 aromatic heterocycles. The fourth-order valence-corrected chi connectivity index (χ4v) is 3.39. The van der Waals surface area contributed by atoms with Gasteiger partial charge in [-0.3, -0.25) is 0 Å². The number of thiocarbonyl (C=S) groups is 1. The van der Waals surface area contributed by atoms with Gasteiger partial charge in [-0.2, -0.15) is 0 Å². The van der Waals surface area contributed by atoms with Gasteiger partial charge in [-0.05, 0) is 43.3 Å². The number of carbonyl (C=O) groups is 1. The topological polar surface area (TPSA) is 68.8 Å². The van der Waals surface area contributed by atoms with Gasteiger partial charge < -0.3 is 24.8 Å². The fourth-order valence-electron chi connectivity index (χ4n) is 3.12. The third-order valence-corrected chi connectivity index (χ3v) is 4.82. The van der Waals surface area contributed by atoms with Crippen molar-refractivity contribution in [1.29, 1.82) is 0 Å². The van der Waals surface area contributed by atoms with Crippen molar-refractivity contribution in [3.05, 3.63) is 47.7 Å². The summed E-state index contributed by atoms with van der Waals surface area (Å²) in [5, 5.41) is 6.58. The summed E-state index contributed by atoms with van der Waals surface area (Å²) >= 11 is 5.29. The van der Waals surface area contributed by atoms with E-state index in [0.29, 0.717) is 34.5 Å². The number of allylic oxidation sites excluding steroid dienone is 1. The third-order valence-electron chi connectivity index (χ3n) is 4.60. The summed E-state index contributed by atoms with van der Waals surface area (Å²) in [6.45, 7) is 8.35. The number of ether oxygens (including phenoxy) is 3. The number of hydrogen-bond acceptors (Lipinski definition) is 5. The second-order valence-electron chi connectivity index (χ2n) is 6.78. The van der Waals surface area contributed by atoms with E-state index in [9.17, 15) is 4.79 Å². The van der Waals surface area contributed by atoms with Gasteiger partial charge >= 0.3 is 5.97 Å². The van der Waals surface area contributed by atoms with Crippen LogP contribution in [0.25, 0.3) is 0 Å². The Morgan fingerprint density at radius 2 is 2.07 bits per heavy atom. The predicted molar refractivity (Wildman–Crippen MR) is 118 cm³/mol. The van der Waals surface area contributed by atoms with Crippen LogP contribution >= 0.6 is 12.2 Å². The van der Waals surface area contributed by atoms with Crippen LogP contribution in [0.3, 0.4) is 0 Å². The van der Waals surface area contributed by atoms with Crippen molar-refractivity contribution in [1.82, 2.24) is 10.6 Å². The standard InChI is InChI=1S/C22H30N2O4S/c1-5-7-8-9-13-27-17-11-10-16(14-18(17)26-4)20-19(21(25)28-12-6-2)15(3)23-22(29)24-20/h6,10-11,14,20H,2,5,7-9,12-13H2,1,3-4H3,(H2,23,24,29). The predicted octanol–water partition coefficient (Wildman–Crippen LogP) is 4.18. The summed E-state index contributed by atoms with van der Waals surface area (Å²) in [6.07, 6.45) is 6.08. The second-order valence-corrected chi connectivity index (χ2v) is 7.18. The lowest BCUT2D eigenvalue weighted by molar-refractivity contribution is -0.138. The molecule has 158 valence electrons. The molecule has 6 nitrogen and oxygen atoms in total. The van der Waals surface area contributed by atoms with Gasteiger partial charge in [0.25, 0.3) is 0 Å². The minimum atomic E-state index is -0.450.